The van der Waals surface area contributed by atoms with Crippen molar-refractivity contribution in [2.45, 2.75) is 32.3 Å². The van der Waals surface area contributed by atoms with Crippen LogP contribution in [0.5, 0.6) is 5.75 Å². The number of amides is 1. The molecule has 0 unspecified atom stereocenters. The van der Waals surface area contributed by atoms with Crippen molar-refractivity contribution in [3.05, 3.63) is 77.2 Å². The fourth-order valence-electron chi connectivity index (χ4n) is 3.84. The molecule has 0 saturated carbocycles. The molecule has 0 aliphatic carbocycles. The maximum absolute atomic E-state index is 11.9. The van der Waals surface area contributed by atoms with Gasteiger partial charge in [0.15, 0.2) is 11.5 Å². The molecule has 3 heterocycles. The number of nitrogens with zero attached hydrogens (tertiary/aromatic N) is 4. The van der Waals surface area contributed by atoms with Crippen LogP contribution in [0.2, 0.25) is 0 Å². The molecule has 1 saturated heterocycles. The van der Waals surface area contributed by atoms with E-state index in [2.05, 4.69) is 20.1 Å². The van der Waals surface area contributed by atoms with Crippen LogP contribution >= 0.6 is 0 Å². The summed E-state index contributed by atoms with van der Waals surface area (Å²) in [5, 5.41) is 8.54. The van der Waals surface area contributed by atoms with Crippen molar-refractivity contribution in [1.82, 2.24) is 15.2 Å². The van der Waals surface area contributed by atoms with Crippen LogP contribution in [0.1, 0.15) is 40.0 Å². The highest BCUT2D eigenvalue weighted by atomic mass is 16.5. The van der Waals surface area contributed by atoms with Gasteiger partial charge in [-0.3, -0.25) is 9.78 Å². The molecular formula is C23H25N5O2. The molecule has 1 aliphatic heterocycles. The average molecular weight is 403 g/mol. The molecule has 1 amide bonds. The van der Waals surface area contributed by atoms with E-state index < -0.39 is 5.91 Å². The summed E-state index contributed by atoms with van der Waals surface area (Å²) in [6.07, 6.45) is 6.00. The van der Waals surface area contributed by atoms with Gasteiger partial charge in [0.2, 0.25) is 0 Å². The smallest absolute Gasteiger partial charge is 0.269 e. The van der Waals surface area contributed by atoms with Crippen LogP contribution < -0.4 is 15.4 Å². The molecule has 1 aliphatic rings. The minimum atomic E-state index is -0.559. The maximum Gasteiger partial charge on any atom is 0.269 e. The SMILES string of the molecule is Cc1c(N2CCC(Oc3ccccc3)CC2)nnc(C(N)=O)c1Cc1ccncc1. The minimum Gasteiger partial charge on any atom is -0.490 e. The molecule has 154 valence electrons. The largest absolute Gasteiger partial charge is 0.490 e. The molecule has 2 N–H and O–H groups in total. The van der Waals surface area contributed by atoms with E-state index in [-0.39, 0.29) is 11.8 Å². The van der Waals surface area contributed by atoms with Gasteiger partial charge in [-0.25, -0.2) is 0 Å². The Bertz CT molecular complexity index is 1000. The number of carbonyl (C=O) groups is 1. The third kappa shape index (κ3) is 4.40. The highest BCUT2D eigenvalue weighted by molar-refractivity contribution is 5.93. The van der Waals surface area contributed by atoms with Crippen molar-refractivity contribution in [2.24, 2.45) is 5.73 Å². The number of anilines is 1. The van der Waals surface area contributed by atoms with E-state index >= 15 is 0 Å². The third-order valence-corrected chi connectivity index (χ3v) is 5.47. The molecule has 7 heteroatoms. The van der Waals surface area contributed by atoms with Crippen LogP contribution in [0.4, 0.5) is 5.82 Å². The van der Waals surface area contributed by atoms with Gasteiger partial charge < -0.3 is 15.4 Å². The molecule has 2 aromatic heterocycles. The number of pyridine rings is 1. The van der Waals surface area contributed by atoms with Crippen molar-refractivity contribution < 1.29 is 9.53 Å². The summed E-state index contributed by atoms with van der Waals surface area (Å²) in [5.74, 6) is 1.15. The summed E-state index contributed by atoms with van der Waals surface area (Å²) in [4.78, 5) is 18.2. The first-order valence-electron chi connectivity index (χ1n) is 10.1. The van der Waals surface area contributed by atoms with Crippen LogP contribution in [-0.2, 0) is 6.42 Å². The average Bonchev–Trinajstić information content (AvgIpc) is 2.77. The topological polar surface area (TPSA) is 94.2 Å². The number of rotatable bonds is 6. The number of hydrogen-bond donors (Lipinski definition) is 1. The maximum atomic E-state index is 11.9. The van der Waals surface area contributed by atoms with E-state index in [4.69, 9.17) is 10.5 Å². The first kappa shape index (κ1) is 19.8. The second kappa shape index (κ2) is 8.90. The zero-order chi connectivity index (χ0) is 20.9. The Morgan fingerprint density at radius 2 is 1.80 bits per heavy atom. The van der Waals surface area contributed by atoms with Crippen LogP contribution in [0.25, 0.3) is 0 Å². The van der Waals surface area contributed by atoms with Gasteiger partial charge in [-0.15, -0.1) is 10.2 Å². The van der Waals surface area contributed by atoms with E-state index in [1.165, 1.54) is 0 Å². The third-order valence-electron chi connectivity index (χ3n) is 5.47. The van der Waals surface area contributed by atoms with Crippen molar-refractivity contribution in [3.8, 4) is 5.75 Å². The number of primary amides is 1. The minimum absolute atomic E-state index is 0.179. The van der Waals surface area contributed by atoms with Gasteiger partial charge in [-0.05, 0) is 47.9 Å². The van der Waals surface area contributed by atoms with Crippen molar-refractivity contribution >= 4 is 11.7 Å². The van der Waals surface area contributed by atoms with Crippen molar-refractivity contribution in [1.29, 1.82) is 0 Å². The summed E-state index contributed by atoms with van der Waals surface area (Å²) < 4.78 is 6.09. The van der Waals surface area contributed by atoms with E-state index in [1.54, 1.807) is 12.4 Å². The van der Waals surface area contributed by atoms with Gasteiger partial charge in [0.05, 0.1) is 0 Å². The number of para-hydroxylation sites is 1. The number of aromatic nitrogens is 3. The lowest BCUT2D eigenvalue weighted by molar-refractivity contribution is 0.0993. The summed E-state index contributed by atoms with van der Waals surface area (Å²) in [6, 6.07) is 13.8. The quantitative estimate of drug-likeness (QED) is 0.680. The molecule has 1 aromatic carbocycles. The monoisotopic (exact) mass is 403 g/mol. The summed E-state index contributed by atoms with van der Waals surface area (Å²) in [6.45, 7) is 3.62. The van der Waals surface area contributed by atoms with Gasteiger partial charge in [0.25, 0.3) is 5.91 Å². The fraction of sp³-hybridized carbons (Fsp3) is 0.304. The zero-order valence-corrected chi connectivity index (χ0v) is 17.0. The Morgan fingerprint density at radius 1 is 1.10 bits per heavy atom. The number of carbonyl (C=O) groups excluding carboxylic acids is 1. The normalized spacial score (nSPS) is 14.5. The Kier molecular flexibility index (Phi) is 5.88. The van der Waals surface area contributed by atoms with Gasteiger partial charge in [0.1, 0.15) is 11.9 Å². The highest BCUT2D eigenvalue weighted by Crippen LogP contribution is 2.28. The first-order chi connectivity index (χ1) is 14.6. The number of hydrogen-bond acceptors (Lipinski definition) is 6. The summed E-state index contributed by atoms with van der Waals surface area (Å²) >= 11 is 0. The Balaban J connectivity index is 1.52. The van der Waals surface area contributed by atoms with Crippen LogP contribution in [0, 0.1) is 6.92 Å². The predicted octanol–water partition coefficient (Wildman–Crippen LogP) is 2.92. The van der Waals surface area contributed by atoms with E-state index in [9.17, 15) is 4.79 Å². The second-order valence-corrected chi connectivity index (χ2v) is 7.49. The van der Waals surface area contributed by atoms with E-state index in [1.807, 2.05) is 49.4 Å². The molecule has 7 nitrogen and oxygen atoms in total. The van der Waals surface area contributed by atoms with E-state index in [0.29, 0.717) is 6.42 Å². The number of nitrogens with two attached hydrogens (primary N) is 1. The lowest BCUT2D eigenvalue weighted by Crippen LogP contribution is -2.39. The Hall–Kier alpha value is -3.48. The Morgan fingerprint density at radius 3 is 2.47 bits per heavy atom. The standard InChI is InChI=1S/C23H25N5O2/c1-16-20(15-17-7-11-25-12-8-17)21(22(24)29)26-27-23(16)28-13-9-19(10-14-28)30-18-5-3-2-4-6-18/h2-8,11-12,19H,9-10,13-15H2,1H3,(H2,24,29). The molecule has 4 rings (SSSR count). The molecule has 3 aromatic rings. The molecule has 0 bridgehead atoms. The zero-order valence-electron chi connectivity index (χ0n) is 17.0. The predicted molar refractivity (Wildman–Crippen MR) is 115 cm³/mol. The molecule has 0 radical (unpaired) electrons. The van der Waals surface area contributed by atoms with Crippen molar-refractivity contribution in [3.63, 3.8) is 0 Å². The molecule has 30 heavy (non-hydrogen) atoms. The molecular weight excluding hydrogens is 378 g/mol. The van der Waals surface area contributed by atoms with Gasteiger partial charge in [-0.2, -0.15) is 0 Å². The van der Waals surface area contributed by atoms with Crippen molar-refractivity contribution in [2.75, 3.05) is 18.0 Å². The highest BCUT2D eigenvalue weighted by Gasteiger charge is 2.25. The number of piperidine rings is 1. The van der Waals surface area contributed by atoms with Crippen LogP contribution in [0.15, 0.2) is 54.9 Å². The van der Waals surface area contributed by atoms with Gasteiger partial charge in [0, 0.05) is 44.7 Å². The fourth-order valence-corrected chi connectivity index (χ4v) is 3.84. The summed E-state index contributed by atoms with van der Waals surface area (Å²) in [5.41, 5.74) is 8.61. The van der Waals surface area contributed by atoms with Crippen LogP contribution in [-0.4, -0.2) is 40.3 Å². The second-order valence-electron chi connectivity index (χ2n) is 7.49. The number of benzene rings is 1. The van der Waals surface area contributed by atoms with Gasteiger partial charge >= 0.3 is 0 Å². The first-order valence-corrected chi connectivity index (χ1v) is 10.1. The molecule has 0 atom stereocenters. The Labute approximate surface area is 175 Å². The molecule has 0 spiro atoms. The number of ether oxygens (including phenoxy) is 1. The lowest BCUT2D eigenvalue weighted by Gasteiger charge is -2.33. The van der Waals surface area contributed by atoms with E-state index in [0.717, 1.165) is 54.2 Å². The van der Waals surface area contributed by atoms with Gasteiger partial charge in [-0.1, -0.05) is 18.2 Å². The molecule has 1 fully saturated rings. The lowest BCUT2D eigenvalue weighted by atomic mass is 9.99. The summed E-state index contributed by atoms with van der Waals surface area (Å²) in [7, 11) is 0. The van der Waals surface area contributed by atoms with Crippen LogP contribution in [0.3, 0.4) is 0 Å².